The van der Waals surface area contributed by atoms with Crippen molar-refractivity contribution in [1.82, 2.24) is 10.3 Å². The fourth-order valence-corrected chi connectivity index (χ4v) is 2.87. The number of carbonyl (C=O) groups is 1. The summed E-state index contributed by atoms with van der Waals surface area (Å²) < 4.78 is 0. The zero-order valence-electron chi connectivity index (χ0n) is 12.2. The number of rotatable bonds is 4. The number of halogens is 1. The van der Waals surface area contributed by atoms with Crippen LogP contribution in [0.15, 0.2) is 42.7 Å². The van der Waals surface area contributed by atoms with Crippen molar-refractivity contribution in [1.29, 1.82) is 0 Å². The van der Waals surface area contributed by atoms with Gasteiger partial charge in [-0.3, -0.25) is 9.78 Å². The first-order chi connectivity index (χ1) is 10.7. The first-order valence-electron chi connectivity index (χ1n) is 7.50. The molecule has 114 valence electrons. The normalized spacial score (nSPS) is 14.8. The van der Waals surface area contributed by atoms with E-state index in [1.54, 1.807) is 18.5 Å². The van der Waals surface area contributed by atoms with Crippen molar-refractivity contribution >= 4 is 28.9 Å². The number of anilines is 2. The van der Waals surface area contributed by atoms with Crippen molar-refractivity contribution in [3.8, 4) is 0 Å². The van der Waals surface area contributed by atoms with Crippen LogP contribution in [0.2, 0.25) is 5.02 Å². The molecule has 5 heteroatoms. The summed E-state index contributed by atoms with van der Waals surface area (Å²) in [5.41, 5.74) is 2.09. The maximum Gasteiger partial charge on any atom is 0.253 e. The van der Waals surface area contributed by atoms with Gasteiger partial charge in [-0.2, -0.15) is 0 Å². The third-order valence-electron chi connectivity index (χ3n) is 3.84. The molecule has 1 aliphatic carbocycles. The fraction of sp³-hybridized carbons (Fsp3) is 0.294. The van der Waals surface area contributed by atoms with E-state index in [1.165, 1.54) is 12.8 Å². The van der Waals surface area contributed by atoms with Gasteiger partial charge in [-0.25, -0.2) is 0 Å². The maximum atomic E-state index is 12.3. The molecule has 0 aliphatic heterocycles. The number of carbonyl (C=O) groups excluding carboxylic acids is 1. The zero-order chi connectivity index (χ0) is 15.4. The fourth-order valence-electron chi connectivity index (χ4n) is 2.69. The third-order valence-corrected chi connectivity index (χ3v) is 4.17. The van der Waals surface area contributed by atoms with Crippen LogP contribution in [0.1, 0.15) is 36.0 Å². The number of hydrogen-bond acceptors (Lipinski definition) is 3. The van der Waals surface area contributed by atoms with Crippen LogP contribution in [-0.4, -0.2) is 16.9 Å². The summed E-state index contributed by atoms with van der Waals surface area (Å²) in [5.74, 6) is -0.0674. The highest BCUT2D eigenvalue weighted by atomic mass is 35.5. The van der Waals surface area contributed by atoms with Gasteiger partial charge >= 0.3 is 0 Å². The number of aromatic nitrogens is 1. The minimum atomic E-state index is -0.0674. The van der Waals surface area contributed by atoms with E-state index in [0.29, 0.717) is 16.6 Å². The van der Waals surface area contributed by atoms with E-state index in [2.05, 4.69) is 15.6 Å². The molecule has 1 saturated carbocycles. The lowest BCUT2D eigenvalue weighted by Gasteiger charge is -2.13. The second kappa shape index (κ2) is 6.79. The zero-order valence-corrected chi connectivity index (χ0v) is 12.9. The van der Waals surface area contributed by atoms with Crippen LogP contribution in [0.4, 0.5) is 11.4 Å². The monoisotopic (exact) mass is 315 g/mol. The van der Waals surface area contributed by atoms with Crippen molar-refractivity contribution < 1.29 is 4.79 Å². The summed E-state index contributed by atoms with van der Waals surface area (Å²) in [6.45, 7) is 0. The van der Waals surface area contributed by atoms with Crippen molar-refractivity contribution in [2.75, 3.05) is 5.32 Å². The molecule has 0 saturated heterocycles. The number of benzene rings is 1. The molecule has 4 nitrogen and oxygen atoms in total. The SMILES string of the molecule is O=C(NC1CCCC1)c1cncc(Nc2ccccc2Cl)c1. The third kappa shape index (κ3) is 3.57. The standard InChI is InChI=1S/C17H18ClN3O/c18-15-7-3-4-8-16(15)20-14-9-12(10-19-11-14)17(22)21-13-5-1-2-6-13/h3-4,7-11,13,20H,1-2,5-6H2,(H,21,22). The van der Waals surface area contributed by atoms with E-state index >= 15 is 0 Å². The molecule has 0 bridgehead atoms. The smallest absolute Gasteiger partial charge is 0.253 e. The molecule has 1 fully saturated rings. The summed E-state index contributed by atoms with van der Waals surface area (Å²) in [7, 11) is 0. The Morgan fingerprint density at radius 1 is 1.18 bits per heavy atom. The molecule has 22 heavy (non-hydrogen) atoms. The molecule has 1 aromatic heterocycles. The Bertz CT molecular complexity index is 668. The number of nitrogens with one attached hydrogen (secondary N) is 2. The van der Waals surface area contributed by atoms with Crippen LogP contribution in [0.5, 0.6) is 0 Å². The number of nitrogens with zero attached hydrogens (tertiary/aromatic N) is 1. The summed E-state index contributed by atoms with van der Waals surface area (Å²) in [5, 5.41) is 6.88. The van der Waals surface area contributed by atoms with Gasteiger partial charge in [0.2, 0.25) is 0 Å². The predicted octanol–water partition coefficient (Wildman–Crippen LogP) is 4.15. The van der Waals surface area contributed by atoms with Gasteiger partial charge < -0.3 is 10.6 Å². The Kier molecular flexibility index (Phi) is 4.59. The van der Waals surface area contributed by atoms with E-state index in [-0.39, 0.29) is 5.91 Å². The van der Waals surface area contributed by atoms with Crippen LogP contribution in [0.3, 0.4) is 0 Å². The summed E-state index contributed by atoms with van der Waals surface area (Å²) in [4.78, 5) is 16.4. The Balaban J connectivity index is 1.72. The number of hydrogen-bond donors (Lipinski definition) is 2. The Morgan fingerprint density at radius 2 is 1.95 bits per heavy atom. The Hall–Kier alpha value is -2.07. The molecule has 2 aromatic rings. The Labute approximate surface area is 134 Å². The quantitative estimate of drug-likeness (QED) is 0.891. The Morgan fingerprint density at radius 3 is 2.73 bits per heavy atom. The summed E-state index contributed by atoms with van der Waals surface area (Å²) in [6, 6.07) is 9.56. The molecule has 1 amide bonds. The van der Waals surface area contributed by atoms with Gasteiger partial charge in [0.25, 0.3) is 5.91 Å². The molecular formula is C17H18ClN3O. The first-order valence-corrected chi connectivity index (χ1v) is 7.87. The van der Waals surface area contributed by atoms with Crippen LogP contribution < -0.4 is 10.6 Å². The second-order valence-electron chi connectivity index (χ2n) is 5.52. The van der Waals surface area contributed by atoms with Gasteiger partial charge in [-0.1, -0.05) is 36.6 Å². The van der Waals surface area contributed by atoms with Gasteiger partial charge in [0.1, 0.15) is 0 Å². The minimum absolute atomic E-state index is 0.0674. The van der Waals surface area contributed by atoms with Gasteiger partial charge in [0.05, 0.1) is 28.2 Å². The highest BCUT2D eigenvalue weighted by Crippen LogP contribution is 2.25. The molecule has 1 aromatic carbocycles. The highest BCUT2D eigenvalue weighted by molar-refractivity contribution is 6.33. The first kappa shape index (κ1) is 14.9. The molecule has 0 unspecified atom stereocenters. The molecule has 0 spiro atoms. The van der Waals surface area contributed by atoms with E-state index in [9.17, 15) is 4.79 Å². The molecule has 0 atom stereocenters. The van der Waals surface area contributed by atoms with Crippen LogP contribution in [0, 0.1) is 0 Å². The van der Waals surface area contributed by atoms with E-state index < -0.39 is 0 Å². The predicted molar refractivity (Wildman–Crippen MR) is 88.7 cm³/mol. The van der Waals surface area contributed by atoms with Gasteiger partial charge in [-0.15, -0.1) is 0 Å². The van der Waals surface area contributed by atoms with Crippen molar-refractivity contribution in [3.05, 3.63) is 53.3 Å². The number of amides is 1. The van der Waals surface area contributed by atoms with Gasteiger partial charge in [0.15, 0.2) is 0 Å². The lowest BCUT2D eigenvalue weighted by atomic mass is 10.2. The molecule has 2 N–H and O–H groups in total. The molecular weight excluding hydrogens is 298 g/mol. The molecule has 3 rings (SSSR count). The average Bonchev–Trinajstić information content (AvgIpc) is 3.03. The number of para-hydroxylation sites is 1. The lowest BCUT2D eigenvalue weighted by Crippen LogP contribution is -2.32. The van der Waals surface area contributed by atoms with Gasteiger partial charge in [-0.05, 0) is 31.0 Å². The minimum Gasteiger partial charge on any atom is -0.353 e. The largest absolute Gasteiger partial charge is 0.353 e. The van der Waals surface area contributed by atoms with Crippen molar-refractivity contribution in [2.45, 2.75) is 31.7 Å². The maximum absolute atomic E-state index is 12.3. The van der Waals surface area contributed by atoms with E-state index in [4.69, 9.17) is 11.6 Å². The summed E-state index contributed by atoms with van der Waals surface area (Å²) in [6.07, 6.45) is 7.78. The van der Waals surface area contributed by atoms with Crippen molar-refractivity contribution in [2.24, 2.45) is 0 Å². The van der Waals surface area contributed by atoms with E-state index in [1.807, 2.05) is 24.3 Å². The van der Waals surface area contributed by atoms with Gasteiger partial charge in [0, 0.05) is 12.2 Å². The number of pyridine rings is 1. The van der Waals surface area contributed by atoms with E-state index in [0.717, 1.165) is 24.2 Å². The lowest BCUT2D eigenvalue weighted by molar-refractivity contribution is 0.0937. The molecule has 1 aliphatic rings. The topological polar surface area (TPSA) is 54.0 Å². The highest BCUT2D eigenvalue weighted by Gasteiger charge is 2.18. The van der Waals surface area contributed by atoms with Crippen LogP contribution >= 0.6 is 11.6 Å². The van der Waals surface area contributed by atoms with Crippen molar-refractivity contribution in [3.63, 3.8) is 0 Å². The average molecular weight is 316 g/mol. The summed E-state index contributed by atoms with van der Waals surface area (Å²) >= 11 is 6.13. The van der Waals surface area contributed by atoms with Crippen LogP contribution in [-0.2, 0) is 0 Å². The van der Waals surface area contributed by atoms with Crippen LogP contribution in [0.25, 0.3) is 0 Å². The second-order valence-corrected chi connectivity index (χ2v) is 5.93. The molecule has 1 heterocycles. The molecule has 0 radical (unpaired) electrons.